The van der Waals surface area contributed by atoms with Crippen LogP contribution in [0, 0.1) is 6.42 Å². The van der Waals surface area contributed by atoms with Crippen molar-refractivity contribution in [3.63, 3.8) is 0 Å². The second-order valence-electron chi connectivity index (χ2n) is 6.02. The summed E-state index contributed by atoms with van der Waals surface area (Å²) in [5, 5.41) is 2.66. The average molecular weight is 392 g/mol. The van der Waals surface area contributed by atoms with Crippen molar-refractivity contribution in [3.05, 3.63) is 90.4 Å². The fourth-order valence-corrected chi connectivity index (χ4v) is 3.15. The summed E-state index contributed by atoms with van der Waals surface area (Å²) >= 11 is 0. The molecule has 0 saturated heterocycles. The van der Waals surface area contributed by atoms with E-state index in [0.29, 0.717) is 5.92 Å². The van der Waals surface area contributed by atoms with Crippen molar-refractivity contribution < 1.29 is 26.2 Å². The molecule has 3 aromatic rings. The topological polar surface area (TPSA) is 0 Å². The van der Waals surface area contributed by atoms with Gasteiger partial charge in [0.25, 0.3) is 0 Å². The molecule has 0 amide bonds. The summed E-state index contributed by atoms with van der Waals surface area (Å²) < 4.78 is 0. The van der Waals surface area contributed by atoms with Gasteiger partial charge in [0.15, 0.2) is 0 Å². The summed E-state index contributed by atoms with van der Waals surface area (Å²) in [6, 6.07) is 23.4. The maximum absolute atomic E-state index is 2.37. The quantitative estimate of drug-likeness (QED) is 0.341. The predicted octanol–water partition coefficient (Wildman–Crippen LogP) is 6.75. The number of hydrogen-bond acceptors (Lipinski definition) is 0. The van der Waals surface area contributed by atoms with E-state index >= 15 is 0 Å². The number of hydrogen-bond donors (Lipinski definition) is 0. The van der Waals surface area contributed by atoms with Crippen molar-refractivity contribution in [2.24, 2.45) is 0 Å². The summed E-state index contributed by atoms with van der Waals surface area (Å²) in [4.78, 5) is 0. The number of unbranched alkanes of at least 4 members (excludes halogenated alkanes) is 2. The Hall–Kier alpha value is -1.33. The van der Waals surface area contributed by atoms with E-state index in [1.807, 2.05) is 0 Å². The smallest absolute Gasteiger partial charge is 0.329 e. The van der Waals surface area contributed by atoms with Crippen LogP contribution in [-0.2, 0) is 26.2 Å². The molecule has 1 heteroatoms. The van der Waals surface area contributed by atoms with E-state index in [2.05, 4.69) is 92.2 Å². The molecule has 0 spiro atoms. The molecule has 0 nitrogen and oxygen atoms in total. The van der Waals surface area contributed by atoms with Gasteiger partial charge in [0.2, 0.25) is 0 Å². The van der Waals surface area contributed by atoms with Crippen LogP contribution < -0.4 is 0 Å². The third kappa shape index (κ3) is 4.84. The zero-order valence-corrected chi connectivity index (χ0v) is 16.7. The Kier molecular flexibility index (Phi) is 7.80. The Morgan fingerprint density at radius 3 is 2.62 bits per heavy atom. The molecule has 0 radical (unpaired) electrons. The molecule has 1 aliphatic carbocycles. The van der Waals surface area contributed by atoms with Crippen LogP contribution in [0.15, 0.2) is 72.8 Å². The first-order valence-electron chi connectivity index (χ1n) is 8.57. The van der Waals surface area contributed by atoms with Gasteiger partial charge in [-0.2, -0.15) is 30.4 Å². The Balaban J connectivity index is 0.000000181. The van der Waals surface area contributed by atoms with E-state index < -0.39 is 0 Å². The van der Waals surface area contributed by atoms with Gasteiger partial charge in [0, 0.05) is 5.92 Å². The number of benzene rings is 2. The number of rotatable bonds is 4. The fourth-order valence-electron chi connectivity index (χ4n) is 3.15. The Labute approximate surface area is 165 Å². The van der Waals surface area contributed by atoms with Gasteiger partial charge in [-0.15, -0.1) is 29.7 Å². The standard InChI is InChI=1S/C14H17.C9H7.Zr/c1-2-3-4-7-12-10-11-13-8-5-6-9-14(12)13;1-2-5-9-7-3-6-8(9)4-1;/h3,5-6,8-12H,2,4,7H2,1H3;1-7H;/q2*-1;+2. The largest absolute Gasteiger partial charge is 2.00 e. The van der Waals surface area contributed by atoms with Gasteiger partial charge in [0.1, 0.15) is 0 Å². The van der Waals surface area contributed by atoms with Gasteiger partial charge in [-0.1, -0.05) is 55.8 Å². The van der Waals surface area contributed by atoms with E-state index in [1.165, 1.54) is 41.2 Å². The van der Waals surface area contributed by atoms with Crippen molar-refractivity contribution in [2.45, 2.75) is 32.1 Å². The van der Waals surface area contributed by atoms with Gasteiger partial charge in [-0.3, -0.25) is 0 Å². The molecule has 0 bridgehead atoms. The average Bonchev–Trinajstić information content (AvgIpc) is 3.23. The Bertz CT molecular complexity index is 736. The van der Waals surface area contributed by atoms with Crippen molar-refractivity contribution in [3.8, 4) is 0 Å². The summed E-state index contributed by atoms with van der Waals surface area (Å²) in [7, 11) is 0. The third-order valence-electron chi connectivity index (χ3n) is 4.42. The minimum absolute atomic E-state index is 0. The predicted molar refractivity (Wildman–Crippen MR) is 102 cm³/mol. The summed E-state index contributed by atoms with van der Waals surface area (Å²) in [5.74, 6) is 0.661. The molecule has 3 aromatic carbocycles. The van der Waals surface area contributed by atoms with Gasteiger partial charge in [-0.05, 0) is 11.1 Å². The number of allylic oxidation sites excluding steroid dienone is 1. The van der Waals surface area contributed by atoms with Gasteiger partial charge < -0.3 is 6.42 Å². The third-order valence-corrected chi connectivity index (χ3v) is 4.42. The molecule has 0 aliphatic heterocycles. The first-order chi connectivity index (χ1) is 11.4. The van der Waals surface area contributed by atoms with E-state index in [-0.39, 0.29) is 26.2 Å². The maximum atomic E-state index is 2.37. The molecule has 1 aliphatic rings. The monoisotopic (exact) mass is 390 g/mol. The van der Waals surface area contributed by atoms with Crippen molar-refractivity contribution >= 4 is 16.8 Å². The molecule has 0 heterocycles. The van der Waals surface area contributed by atoms with Crippen LogP contribution in [0.4, 0.5) is 0 Å². The molecular weight excluding hydrogens is 367 g/mol. The molecule has 0 saturated carbocycles. The fraction of sp³-hybridized carbons (Fsp3) is 0.217. The molecule has 0 N–H and O–H groups in total. The second kappa shape index (κ2) is 9.85. The van der Waals surface area contributed by atoms with Gasteiger partial charge in [-0.25, -0.2) is 0 Å². The van der Waals surface area contributed by atoms with E-state index in [1.54, 1.807) is 0 Å². The van der Waals surface area contributed by atoms with Crippen LogP contribution in [0.25, 0.3) is 16.8 Å². The minimum atomic E-state index is 0. The van der Waals surface area contributed by atoms with Crippen LogP contribution in [0.2, 0.25) is 0 Å². The van der Waals surface area contributed by atoms with Gasteiger partial charge in [0.05, 0.1) is 0 Å². The van der Waals surface area contributed by atoms with Crippen LogP contribution in [0.5, 0.6) is 0 Å². The van der Waals surface area contributed by atoms with E-state index in [0.717, 1.165) is 0 Å². The van der Waals surface area contributed by atoms with Crippen LogP contribution in [0.1, 0.15) is 43.2 Å². The molecule has 0 aromatic heterocycles. The number of fused-ring (bicyclic) bond motifs is 2. The molecule has 1 unspecified atom stereocenters. The minimum Gasteiger partial charge on any atom is -0.329 e. The summed E-state index contributed by atoms with van der Waals surface area (Å²) in [6.07, 6.45) is 10.7. The zero-order chi connectivity index (χ0) is 15.9. The molecule has 24 heavy (non-hydrogen) atoms. The Morgan fingerprint density at radius 2 is 1.79 bits per heavy atom. The van der Waals surface area contributed by atoms with Crippen molar-refractivity contribution in [1.82, 2.24) is 0 Å². The molecule has 1 atom stereocenters. The summed E-state index contributed by atoms with van der Waals surface area (Å²) in [6.45, 7) is 2.21. The van der Waals surface area contributed by atoms with E-state index in [4.69, 9.17) is 0 Å². The van der Waals surface area contributed by atoms with Crippen LogP contribution in [-0.4, -0.2) is 0 Å². The van der Waals surface area contributed by atoms with E-state index in [9.17, 15) is 0 Å². The maximum Gasteiger partial charge on any atom is 2.00 e. The first-order valence-corrected chi connectivity index (χ1v) is 8.57. The van der Waals surface area contributed by atoms with Crippen molar-refractivity contribution in [1.29, 1.82) is 0 Å². The second-order valence-corrected chi connectivity index (χ2v) is 6.02. The van der Waals surface area contributed by atoms with Gasteiger partial charge >= 0.3 is 26.2 Å². The first kappa shape index (κ1) is 19.0. The molecule has 120 valence electrons. The molecule has 4 rings (SSSR count). The molecule has 0 fully saturated rings. The van der Waals surface area contributed by atoms with Crippen molar-refractivity contribution in [2.75, 3.05) is 0 Å². The van der Waals surface area contributed by atoms with Crippen LogP contribution >= 0.6 is 0 Å². The SMILES string of the molecule is CC[CH-]CCC1C=Cc2ccccc21.[Zr+2].c1ccc2[cH-]ccc2c1. The van der Waals surface area contributed by atoms with Crippen LogP contribution in [0.3, 0.4) is 0 Å². The zero-order valence-electron chi connectivity index (χ0n) is 14.3. The summed E-state index contributed by atoms with van der Waals surface area (Å²) in [5.41, 5.74) is 2.92. The normalized spacial score (nSPS) is 14.6. The Morgan fingerprint density at radius 1 is 1.00 bits per heavy atom. The molecular formula is C23H24Zr.